The number of carbonyl (C=O) groups is 1. The van der Waals surface area contributed by atoms with Crippen molar-refractivity contribution in [2.45, 2.75) is 13.8 Å². The van der Waals surface area contributed by atoms with E-state index >= 15 is 0 Å². The van der Waals surface area contributed by atoms with E-state index in [2.05, 4.69) is 37.4 Å². The number of anilines is 7. The molecule has 1 atom stereocenters. The summed E-state index contributed by atoms with van der Waals surface area (Å²) in [6, 6.07) is 7.48. The molecule has 0 fully saturated rings. The van der Waals surface area contributed by atoms with Crippen LogP contribution in [0.25, 0.3) is 0 Å². The summed E-state index contributed by atoms with van der Waals surface area (Å²) in [7, 11) is 8.04. The van der Waals surface area contributed by atoms with E-state index in [1.54, 1.807) is 30.8 Å². The van der Waals surface area contributed by atoms with Crippen molar-refractivity contribution in [1.29, 1.82) is 0 Å². The Morgan fingerprint density at radius 1 is 1.10 bits per heavy atom. The van der Waals surface area contributed by atoms with Crippen LogP contribution in [0, 0.1) is 13.8 Å². The van der Waals surface area contributed by atoms with Crippen molar-refractivity contribution < 1.29 is 13.7 Å². The fourth-order valence-electron chi connectivity index (χ4n) is 4.11. The van der Waals surface area contributed by atoms with Crippen LogP contribution in [0.1, 0.15) is 11.1 Å². The second-order valence-electron chi connectivity index (χ2n) is 9.95. The molecule has 1 amide bonds. The number of amides is 1. The third kappa shape index (κ3) is 7.90. The summed E-state index contributed by atoms with van der Waals surface area (Å²) < 4.78 is 19.7. The average Bonchev–Trinajstić information content (AvgIpc) is 2.95. The van der Waals surface area contributed by atoms with E-state index in [4.69, 9.17) is 16.3 Å². The molecule has 0 saturated carbocycles. The summed E-state index contributed by atoms with van der Waals surface area (Å²) in [6.07, 6.45) is 4.32. The minimum atomic E-state index is -1.25. The average molecular weight is 615 g/mol. The van der Waals surface area contributed by atoms with Gasteiger partial charge in [-0.25, -0.2) is 9.19 Å². The lowest BCUT2D eigenvalue weighted by molar-refractivity contribution is -0.111. The lowest BCUT2D eigenvalue weighted by Crippen LogP contribution is -2.29. The molecule has 0 bridgehead atoms. The number of aryl methyl sites for hydroxylation is 1. The number of rotatable bonds is 13. The normalized spacial score (nSPS) is 11.6. The number of nitrogens with one attached hydrogen (secondary N) is 3. The first-order chi connectivity index (χ1) is 19.9. The van der Waals surface area contributed by atoms with Crippen molar-refractivity contribution in [1.82, 2.24) is 14.9 Å². The van der Waals surface area contributed by atoms with E-state index in [1.165, 1.54) is 12.3 Å². The second-order valence-corrected chi connectivity index (χ2v) is 11.8. The van der Waals surface area contributed by atoms with Gasteiger partial charge in [0.25, 0.3) is 0 Å². The van der Waals surface area contributed by atoms with Crippen LogP contribution in [0.3, 0.4) is 0 Å². The number of likely N-dealkylation sites (N-methyl/N-ethyl adjacent to an activating group) is 2. The quantitative estimate of drug-likeness (QED) is 0.226. The molecule has 13 heteroatoms. The van der Waals surface area contributed by atoms with Crippen LogP contribution in [-0.4, -0.2) is 79.6 Å². The van der Waals surface area contributed by atoms with Crippen LogP contribution in [0.5, 0.6) is 5.75 Å². The van der Waals surface area contributed by atoms with E-state index in [0.29, 0.717) is 33.7 Å². The molecule has 0 radical (unpaired) electrons. The van der Waals surface area contributed by atoms with Crippen LogP contribution >= 0.6 is 11.6 Å². The largest absolute Gasteiger partial charge is 0.494 e. The van der Waals surface area contributed by atoms with Gasteiger partial charge in [-0.3, -0.25) is 9.10 Å². The summed E-state index contributed by atoms with van der Waals surface area (Å²) in [5.41, 5.74) is 5.38. The Bertz CT molecular complexity index is 1480. The number of benzene rings is 2. The summed E-state index contributed by atoms with van der Waals surface area (Å²) in [6.45, 7) is 9.08. The minimum Gasteiger partial charge on any atom is -0.494 e. The highest BCUT2D eigenvalue weighted by Crippen LogP contribution is 2.39. The van der Waals surface area contributed by atoms with Crippen molar-refractivity contribution in [3.05, 3.63) is 59.3 Å². The van der Waals surface area contributed by atoms with Crippen LogP contribution < -0.4 is 29.9 Å². The Hall–Kier alpha value is -3.87. The maximum absolute atomic E-state index is 12.3. The monoisotopic (exact) mass is 614 g/mol. The van der Waals surface area contributed by atoms with Gasteiger partial charge in [0.05, 0.1) is 41.7 Å². The molecular weight excluding hydrogens is 576 g/mol. The van der Waals surface area contributed by atoms with Crippen molar-refractivity contribution in [2.24, 2.45) is 0 Å². The first kappa shape index (κ1) is 32.6. The zero-order valence-corrected chi connectivity index (χ0v) is 26.9. The molecule has 0 aliphatic rings. The van der Waals surface area contributed by atoms with Crippen molar-refractivity contribution in [3.63, 3.8) is 0 Å². The SMILES string of the molecule is C=CC(=O)Nc1cc(Nc2ncc(Cl)c(Nc3ccc(C)c(C)c3N(C)S(C)=O)n2)c(OC)cc1N(C)CCN(C)C. The van der Waals surface area contributed by atoms with Gasteiger partial charge in [0.1, 0.15) is 21.8 Å². The lowest BCUT2D eigenvalue weighted by Gasteiger charge is -2.26. The Labute approximate surface area is 255 Å². The first-order valence-corrected chi connectivity index (χ1v) is 15.0. The highest BCUT2D eigenvalue weighted by Gasteiger charge is 2.19. The Morgan fingerprint density at radius 2 is 1.81 bits per heavy atom. The third-order valence-corrected chi connectivity index (χ3v) is 7.93. The van der Waals surface area contributed by atoms with Crippen molar-refractivity contribution in [2.75, 3.05) is 79.8 Å². The molecule has 0 aliphatic heterocycles. The van der Waals surface area contributed by atoms with Gasteiger partial charge in [0, 0.05) is 39.5 Å². The third-order valence-electron chi connectivity index (χ3n) is 6.70. The zero-order valence-electron chi connectivity index (χ0n) is 25.3. The number of hydrogen-bond acceptors (Lipinski definition) is 9. The zero-order chi connectivity index (χ0) is 31.1. The lowest BCUT2D eigenvalue weighted by atomic mass is 10.1. The number of hydrogen-bond donors (Lipinski definition) is 3. The number of halogens is 1. The molecule has 0 aliphatic carbocycles. The Balaban J connectivity index is 2.02. The fourth-order valence-corrected chi connectivity index (χ4v) is 4.74. The van der Waals surface area contributed by atoms with Gasteiger partial charge in [-0.15, -0.1) is 0 Å². The molecule has 3 rings (SSSR count). The molecule has 11 nitrogen and oxygen atoms in total. The predicted molar refractivity (Wildman–Crippen MR) is 176 cm³/mol. The van der Waals surface area contributed by atoms with Crippen LogP contribution in [0.15, 0.2) is 43.1 Å². The molecule has 3 N–H and O–H groups in total. The summed E-state index contributed by atoms with van der Waals surface area (Å²) >= 11 is 6.50. The van der Waals surface area contributed by atoms with E-state index in [0.717, 1.165) is 35.6 Å². The smallest absolute Gasteiger partial charge is 0.247 e. The van der Waals surface area contributed by atoms with Crippen molar-refractivity contribution >= 4 is 68.7 Å². The highest BCUT2D eigenvalue weighted by molar-refractivity contribution is 7.85. The van der Waals surface area contributed by atoms with E-state index in [-0.39, 0.29) is 11.9 Å². The number of carbonyl (C=O) groups excluding carboxylic acids is 1. The Morgan fingerprint density at radius 3 is 2.43 bits per heavy atom. The summed E-state index contributed by atoms with van der Waals surface area (Å²) in [4.78, 5) is 25.4. The van der Waals surface area contributed by atoms with Crippen LogP contribution in [-0.2, 0) is 15.8 Å². The minimum absolute atomic E-state index is 0.243. The maximum atomic E-state index is 12.3. The molecule has 1 aromatic heterocycles. The van der Waals surface area contributed by atoms with Gasteiger partial charge in [-0.2, -0.15) is 4.98 Å². The maximum Gasteiger partial charge on any atom is 0.247 e. The van der Waals surface area contributed by atoms with E-state index in [9.17, 15) is 9.00 Å². The molecule has 0 saturated heterocycles. The van der Waals surface area contributed by atoms with Gasteiger partial charge in [0.2, 0.25) is 11.9 Å². The topological polar surface area (TPSA) is 115 Å². The second kappa shape index (κ2) is 14.3. The predicted octanol–water partition coefficient (Wildman–Crippen LogP) is 5.09. The number of methoxy groups -OCH3 is 1. The molecule has 42 heavy (non-hydrogen) atoms. The standard InChI is InChI=1S/C29H39ClN8O3S/c1-10-26(39)32-22-15-23(25(41-8)16-24(22)37(6)14-13-36(4)5)34-29-31-17-20(30)28(35-29)33-21-12-11-18(2)19(3)27(21)38(7)42(9)40/h10-12,15-17H,1,13-14H2,2-9H3,(H,32,39)(H2,31,33,34,35). The Kier molecular flexibility index (Phi) is 11.1. The molecule has 1 heterocycles. The van der Waals surface area contributed by atoms with Crippen molar-refractivity contribution in [3.8, 4) is 5.75 Å². The van der Waals surface area contributed by atoms with Gasteiger partial charge in [-0.05, 0) is 57.3 Å². The number of aromatic nitrogens is 2. The summed E-state index contributed by atoms with van der Waals surface area (Å²) in [5, 5.41) is 9.66. The summed E-state index contributed by atoms with van der Waals surface area (Å²) in [5.74, 6) is 0.778. The van der Waals surface area contributed by atoms with Crippen LogP contribution in [0.2, 0.25) is 5.02 Å². The highest BCUT2D eigenvalue weighted by atomic mass is 35.5. The first-order valence-electron chi connectivity index (χ1n) is 13.1. The van der Waals surface area contributed by atoms with Crippen LogP contribution in [0.4, 0.5) is 40.2 Å². The molecular formula is C29H39ClN8O3S. The van der Waals surface area contributed by atoms with Gasteiger partial charge in [-0.1, -0.05) is 24.2 Å². The number of ether oxygens (including phenoxy) is 1. The van der Waals surface area contributed by atoms with E-state index < -0.39 is 11.0 Å². The van der Waals surface area contributed by atoms with E-state index in [1.807, 2.05) is 58.1 Å². The molecule has 2 aromatic carbocycles. The fraction of sp³-hybridized carbons (Fsp3) is 0.345. The number of nitrogens with zero attached hydrogens (tertiary/aromatic N) is 5. The molecule has 0 spiro atoms. The molecule has 226 valence electrons. The van der Waals surface area contributed by atoms with Gasteiger partial charge >= 0.3 is 0 Å². The van der Waals surface area contributed by atoms with Gasteiger partial charge in [0.15, 0.2) is 5.82 Å². The van der Waals surface area contributed by atoms with Gasteiger partial charge < -0.3 is 30.5 Å². The molecule has 3 aromatic rings. The molecule has 1 unspecified atom stereocenters.